The molecule has 5 heteroatoms. The van der Waals surface area contributed by atoms with Gasteiger partial charge < -0.3 is 10.6 Å². The summed E-state index contributed by atoms with van der Waals surface area (Å²) in [6.07, 6.45) is 2.86. The second-order valence-corrected chi connectivity index (χ2v) is 7.87. The molecule has 0 heterocycles. The highest BCUT2D eigenvalue weighted by Crippen LogP contribution is 2.30. The van der Waals surface area contributed by atoms with Crippen LogP contribution in [0.5, 0.6) is 0 Å². The third-order valence-electron chi connectivity index (χ3n) is 5.62. The van der Waals surface area contributed by atoms with Crippen LogP contribution in [0, 0.1) is 18.8 Å². The lowest BCUT2D eigenvalue weighted by Gasteiger charge is -2.27. The molecule has 2 aromatic rings. The normalized spacial score (nSPS) is 18.7. The average molecular weight is 392 g/mol. The van der Waals surface area contributed by atoms with Gasteiger partial charge >= 0.3 is 0 Å². The number of ketones is 1. The highest BCUT2D eigenvalue weighted by atomic mass is 16.2. The first-order chi connectivity index (χ1) is 13.9. The maximum absolute atomic E-state index is 12.5. The van der Waals surface area contributed by atoms with Gasteiger partial charge in [-0.15, -0.1) is 0 Å². The lowest BCUT2D eigenvalue weighted by Crippen LogP contribution is -2.35. The molecule has 0 bridgehead atoms. The van der Waals surface area contributed by atoms with Gasteiger partial charge in [-0.25, -0.2) is 0 Å². The molecule has 0 aromatic heterocycles. The molecule has 0 aliphatic heterocycles. The summed E-state index contributed by atoms with van der Waals surface area (Å²) in [5.74, 6) is -0.0480. The minimum absolute atomic E-state index is 0.00172. The number of amides is 2. The molecule has 2 aromatic carbocycles. The molecule has 0 unspecified atom stereocenters. The fourth-order valence-electron chi connectivity index (χ4n) is 3.69. The van der Waals surface area contributed by atoms with E-state index in [1.165, 1.54) is 12.5 Å². The van der Waals surface area contributed by atoms with Crippen molar-refractivity contribution in [3.05, 3.63) is 65.2 Å². The number of hydrogen-bond donors (Lipinski definition) is 2. The van der Waals surface area contributed by atoms with Crippen molar-refractivity contribution in [2.75, 3.05) is 5.32 Å². The molecule has 1 aliphatic carbocycles. The topological polar surface area (TPSA) is 75.3 Å². The van der Waals surface area contributed by atoms with E-state index >= 15 is 0 Å². The number of carbonyl (C=O) groups excluding carboxylic acids is 3. The van der Waals surface area contributed by atoms with Crippen molar-refractivity contribution in [1.29, 1.82) is 0 Å². The number of anilines is 1. The van der Waals surface area contributed by atoms with E-state index in [0.29, 0.717) is 30.6 Å². The molecule has 1 saturated carbocycles. The van der Waals surface area contributed by atoms with Gasteiger partial charge in [0, 0.05) is 29.6 Å². The lowest BCUT2D eigenvalue weighted by atomic mass is 9.81. The Morgan fingerprint density at radius 2 is 1.38 bits per heavy atom. The van der Waals surface area contributed by atoms with E-state index in [1.807, 2.05) is 31.2 Å². The molecule has 0 spiro atoms. The number of aryl methyl sites for hydroxylation is 1. The number of carbonyl (C=O) groups is 3. The third-order valence-corrected chi connectivity index (χ3v) is 5.62. The second kappa shape index (κ2) is 9.50. The summed E-state index contributed by atoms with van der Waals surface area (Å²) < 4.78 is 0. The number of benzene rings is 2. The summed E-state index contributed by atoms with van der Waals surface area (Å²) in [6.45, 7) is 4.09. The van der Waals surface area contributed by atoms with E-state index in [1.54, 1.807) is 24.3 Å². The fourth-order valence-corrected chi connectivity index (χ4v) is 3.69. The van der Waals surface area contributed by atoms with Crippen LogP contribution in [0.15, 0.2) is 48.5 Å². The molecule has 2 N–H and O–H groups in total. The first kappa shape index (κ1) is 20.8. The maximum Gasteiger partial charge on any atom is 0.227 e. The van der Waals surface area contributed by atoms with Gasteiger partial charge in [-0.05, 0) is 69.4 Å². The van der Waals surface area contributed by atoms with Gasteiger partial charge in [0.1, 0.15) is 0 Å². The van der Waals surface area contributed by atoms with Crippen molar-refractivity contribution >= 4 is 23.3 Å². The first-order valence-corrected chi connectivity index (χ1v) is 10.2. The zero-order valence-electron chi connectivity index (χ0n) is 17.0. The third kappa shape index (κ3) is 5.76. The van der Waals surface area contributed by atoms with Gasteiger partial charge in [0.2, 0.25) is 11.8 Å². The SMILES string of the molecule is CC(=O)c1ccc(NC(=O)C2CCC(C(=O)NCc3ccc(C)cc3)CC2)cc1. The Labute approximate surface area is 171 Å². The number of rotatable bonds is 6. The van der Waals surface area contributed by atoms with Crippen molar-refractivity contribution in [1.82, 2.24) is 5.32 Å². The minimum atomic E-state index is -0.0800. The summed E-state index contributed by atoms with van der Waals surface area (Å²) in [6, 6.07) is 15.1. The van der Waals surface area contributed by atoms with E-state index < -0.39 is 0 Å². The number of nitrogens with one attached hydrogen (secondary N) is 2. The predicted octanol–water partition coefficient (Wildman–Crippen LogP) is 4.26. The van der Waals surface area contributed by atoms with E-state index in [2.05, 4.69) is 10.6 Å². The van der Waals surface area contributed by atoms with Crippen LogP contribution in [0.2, 0.25) is 0 Å². The van der Waals surface area contributed by atoms with Gasteiger partial charge in [-0.2, -0.15) is 0 Å². The Bertz CT molecular complexity index is 864. The van der Waals surface area contributed by atoms with Crippen LogP contribution in [0.1, 0.15) is 54.1 Å². The molecule has 2 amide bonds. The van der Waals surface area contributed by atoms with Crippen LogP contribution in [-0.2, 0) is 16.1 Å². The Morgan fingerprint density at radius 1 is 0.828 bits per heavy atom. The van der Waals surface area contributed by atoms with E-state index in [4.69, 9.17) is 0 Å². The molecule has 29 heavy (non-hydrogen) atoms. The van der Waals surface area contributed by atoms with Crippen molar-refractivity contribution in [3.63, 3.8) is 0 Å². The summed E-state index contributed by atoms with van der Waals surface area (Å²) in [4.78, 5) is 36.3. The van der Waals surface area contributed by atoms with E-state index in [-0.39, 0.29) is 29.4 Å². The monoisotopic (exact) mass is 392 g/mol. The lowest BCUT2D eigenvalue weighted by molar-refractivity contribution is -0.128. The van der Waals surface area contributed by atoms with Crippen molar-refractivity contribution in [3.8, 4) is 0 Å². The number of hydrogen-bond acceptors (Lipinski definition) is 3. The Balaban J connectivity index is 1.44. The highest BCUT2D eigenvalue weighted by Gasteiger charge is 2.29. The summed E-state index contributed by atoms with van der Waals surface area (Å²) >= 11 is 0. The molecule has 0 radical (unpaired) electrons. The minimum Gasteiger partial charge on any atom is -0.352 e. The first-order valence-electron chi connectivity index (χ1n) is 10.2. The Kier molecular flexibility index (Phi) is 6.81. The fraction of sp³-hybridized carbons (Fsp3) is 0.375. The van der Waals surface area contributed by atoms with Gasteiger partial charge in [-0.3, -0.25) is 14.4 Å². The quantitative estimate of drug-likeness (QED) is 0.721. The predicted molar refractivity (Wildman–Crippen MR) is 114 cm³/mol. The maximum atomic E-state index is 12.5. The van der Waals surface area contributed by atoms with Crippen LogP contribution < -0.4 is 10.6 Å². The standard InChI is InChI=1S/C24H28N2O3/c1-16-3-5-18(6-4-16)15-25-23(28)20-7-9-21(10-8-20)24(29)26-22-13-11-19(12-14-22)17(2)27/h3-6,11-14,20-21H,7-10,15H2,1-2H3,(H,25,28)(H,26,29). The second-order valence-electron chi connectivity index (χ2n) is 7.87. The average Bonchev–Trinajstić information content (AvgIpc) is 2.73. The van der Waals surface area contributed by atoms with Crippen molar-refractivity contribution < 1.29 is 14.4 Å². The molecule has 152 valence electrons. The van der Waals surface area contributed by atoms with Crippen LogP contribution in [0.25, 0.3) is 0 Å². The molecular formula is C24H28N2O3. The van der Waals surface area contributed by atoms with Crippen LogP contribution in [-0.4, -0.2) is 17.6 Å². The molecule has 1 aliphatic rings. The van der Waals surface area contributed by atoms with Gasteiger partial charge in [0.25, 0.3) is 0 Å². The zero-order chi connectivity index (χ0) is 20.8. The zero-order valence-corrected chi connectivity index (χ0v) is 17.0. The molecule has 0 saturated heterocycles. The molecule has 0 atom stereocenters. The summed E-state index contributed by atoms with van der Waals surface area (Å²) in [5, 5.41) is 5.94. The smallest absolute Gasteiger partial charge is 0.227 e. The van der Waals surface area contributed by atoms with E-state index in [9.17, 15) is 14.4 Å². The van der Waals surface area contributed by atoms with E-state index in [0.717, 1.165) is 18.4 Å². The largest absolute Gasteiger partial charge is 0.352 e. The van der Waals surface area contributed by atoms with Gasteiger partial charge in [0.15, 0.2) is 5.78 Å². The van der Waals surface area contributed by atoms with Crippen LogP contribution >= 0.6 is 0 Å². The Morgan fingerprint density at radius 3 is 1.93 bits per heavy atom. The van der Waals surface area contributed by atoms with Gasteiger partial charge in [0.05, 0.1) is 0 Å². The molecular weight excluding hydrogens is 364 g/mol. The Hall–Kier alpha value is -2.95. The highest BCUT2D eigenvalue weighted by molar-refractivity contribution is 5.96. The van der Waals surface area contributed by atoms with Crippen molar-refractivity contribution in [2.45, 2.75) is 46.1 Å². The summed E-state index contributed by atoms with van der Waals surface area (Å²) in [5.41, 5.74) is 3.61. The summed E-state index contributed by atoms with van der Waals surface area (Å²) in [7, 11) is 0. The van der Waals surface area contributed by atoms with Crippen molar-refractivity contribution in [2.24, 2.45) is 11.8 Å². The molecule has 3 rings (SSSR count). The molecule has 5 nitrogen and oxygen atoms in total. The van der Waals surface area contributed by atoms with Crippen LogP contribution in [0.3, 0.4) is 0 Å². The van der Waals surface area contributed by atoms with Gasteiger partial charge in [-0.1, -0.05) is 29.8 Å². The number of Topliss-reactive ketones (excluding diaryl/α,β-unsaturated/α-hetero) is 1. The molecule has 1 fully saturated rings. The van der Waals surface area contributed by atoms with Crippen LogP contribution in [0.4, 0.5) is 5.69 Å².